The number of rotatable bonds is 2. The van der Waals surface area contributed by atoms with Gasteiger partial charge >= 0.3 is 0 Å². The van der Waals surface area contributed by atoms with Crippen molar-refractivity contribution in [1.82, 2.24) is 14.8 Å². The Hall–Kier alpha value is -1.84. The van der Waals surface area contributed by atoms with Gasteiger partial charge in [-0.1, -0.05) is 19.9 Å². The molecule has 4 nitrogen and oxygen atoms in total. The van der Waals surface area contributed by atoms with Crippen molar-refractivity contribution in [2.24, 2.45) is 0 Å². The second-order valence-corrected chi connectivity index (χ2v) is 3.79. The van der Waals surface area contributed by atoms with Crippen LogP contribution >= 0.6 is 0 Å². The van der Waals surface area contributed by atoms with Crippen molar-refractivity contribution in [3.05, 3.63) is 36.2 Å². The molecule has 15 heavy (non-hydrogen) atoms. The summed E-state index contributed by atoms with van der Waals surface area (Å²) < 4.78 is 1.67. The summed E-state index contributed by atoms with van der Waals surface area (Å²) in [5.74, 6) is 1.79. The Morgan fingerprint density at radius 3 is 2.53 bits per heavy atom. The Bertz CT molecular complexity index is 442. The molecule has 0 saturated heterocycles. The minimum atomic E-state index is 0.495. The van der Waals surface area contributed by atoms with Gasteiger partial charge in [-0.05, 0) is 17.5 Å². The molecule has 2 N–H and O–H groups in total. The van der Waals surface area contributed by atoms with Gasteiger partial charge in [0.05, 0.1) is 0 Å². The first-order valence-corrected chi connectivity index (χ1v) is 4.94. The van der Waals surface area contributed by atoms with E-state index < -0.39 is 0 Å². The van der Waals surface area contributed by atoms with Crippen LogP contribution in [0.1, 0.15) is 25.3 Å². The topological polar surface area (TPSA) is 56.7 Å². The lowest BCUT2D eigenvalue weighted by Gasteiger charge is -2.05. The highest BCUT2D eigenvalue weighted by Gasteiger charge is 2.02. The van der Waals surface area contributed by atoms with Crippen LogP contribution in [0.5, 0.6) is 0 Å². The molecule has 0 aliphatic heterocycles. The van der Waals surface area contributed by atoms with Gasteiger partial charge in [0.25, 0.3) is 0 Å². The van der Waals surface area contributed by atoms with Gasteiger partial charge in [-0.3, -0.25) is 0 Å². The lowest BCUT2D eigenvalue weighted by Crippen LogP contribution is -2.00. The lowest BCUT2D eigenvalue weighted by molar-refractivity contribution is 0.825. The molecule has 0 atom stereocenters. The molecule has 0 saturated carbocycles. The van der Waals surface area contributed by atoms with Crippen LogP contribution in [0.3, 0.4) is 0 Å². The highest BCUT2D eigenvalue weighted by Crippen LogP contribution is 2.14. The number of nitrogen functional groups attached to an aromatic ring is 1. The van der Waals surface area contributed by atoms with Crippen LogP contribution in [0, 0.1) is 0 Å². The fourth-order valence-electron chi connectivity index (χ4n) is 1.34. The maximum absolute atomic E-state index is 5.53. The molecule has 0 unspecified atom stereocenters. The van der Waals surface area contributed by atoms with Gasteiger partial charge in [0.15, 0.2) is 5.82 Å². The van der Waals surface area contributed by atoms with Gasteiger partial charge in [0.2, 0.25) is 0 Å². The van der Waals surface area contributed by atoms with Gasteiger partial charge in [0.1, 0.15) is 5.82 Å². The number of nitrogens with zero attached hydrogens (tertiary/aromatic N) is 3. The van der Waals surface area contributed by atoms with E-state index in [1.54, 1.807) is 16.9 Å². The van der Waals surface area contributed by atoms with E-state index >= 15 is 0 Å². The summed E-state index contributed by atoms with van der Waals surface area (Å²) in [4.78, 5) is 4.33. The van der Waals surface area contributed by atoms with Gasteiger partial charge in [-0.2, -0.15) is 0 Å². The Kier molecular flexibility index (Phi) is 2.41. The largest absolute Gasteiger partial charge is 0.382 e. The fourth-order valence-corrected chi connectivity index (χ4v) is 1.34. The van der Waals surface area contributed by atoms with Gasteiger partial charge < -0.3 is 5.73 Å². The molecule has 0 radical (unpaired) electrons. The van der Waals surface area contributed by atoms with Crippen LogP contribution in [0.4, 0.5) is 5.82 Å². The molecule has 0 aliphatic rings. The van der Waals surface area contributed by atoms with Gasteiger partial charge in [-0.25, -0.2) is 9.67 Å². The Balaban J connectivity index is 2.31. The van der Waals surface area contributed by atoms with E-state index in [0.29, 0.717) is 11.7 Å². The maximum Gasteiger partial charge on any atom is 0.153 e. The summed E-state index contributed by atoms with van der Waals surface area (Å²) in [7, 11) is 0. The third-order valence-electron chi connectivity index (χ3n) is 2.28. The van der Waals surface area contributed by atoms with E-state index in [1.807, 2.05) is 12.3 Å². The van der Waals surface area contributed by atoms with Crippen molar-refractivity contribution in [1.29, 1.82) is 0 Å². The summed E-state index contributed by atoms with van der Waals surface area (Å²) >= 11 is 0. The second-order valence-electron chi connectivity index (χ2n) is 3.79. The van der Waals surface area contributed by atoms with E-state index in [2.05, 4.69) is 30.0 Å². The number of nitrogens with two attached hydrogens (primary N) is 1. The van der Waals surface area contributed by atoms with Crippen LogP contribution < -0.4 is 5.73 Å². The Morgan fingerprint density at radius 1 is 1.27 bits per heavy atom. The minimum Gasteiger partial charge on any atom is -0.382 e. The van der Waals surface area contributed by atoms with E-state index in [4.69, 9.17) is 5.73 Å². The van der Waals surface area contributed by atoms with Crippen LogP contribution in [0.15, 0.2) is 30.6 Å². The Morgan fingerprint density at radius 2 is 2.07 bits per heavy atom. The van der Waals surface area contributed by atoms with E-state index in [0.717, 1.165) is 5.82 Å². The molecule has 0 amide bonds. The molecule has 0 spiro atoms. The number of pyridine rings is 1. The first-order valence-electron chi connectivity index (χ1n) is 4.94. The molecule has 0 aromatic carbocycles. The average molecular weight is 202 g/mol. The molecule has 2 aromatic rings. The summed E-state index contributed by atoms with van der Waals surface area (Å²) in [6, 6.07) is 5.75. The predicted molar refractivity (Wildman–Crippen MR) is 59.9 cm³/mol. The van der Waals surface area contributed by atoms with Crippen molar-refractivity contribution in [3.63, 3.8) is 0 Å². The summed E-state index contributed by atoms with van der Waals surface area (Å²) in [5, 5.41) is 4.09. The molecule has 0 aliphatic carbocycles. The van der Waals surface area contributed by atoms with E-state index in [-0.39, 0.29) is 0 Å². The number of hydrogen-bond donors (Lipinski definition) is 1. The van der Waals surface area contributed by atoms with Crippen LogP contribution in [-0.4, -0.2) is 14.8 Å². The SMILES string of the molecule is CC(C)c1ccc(-n2ccc(N)n2)nc1. The fraction of sp³-hybridized carbons (Fsp3) is 0.273. The third-order valence-corrected chi connectivity index (χ3v) is 2.28. The smallest absolute Gasteiger partial charge is 0.153 e. The zero-order valence-electron chi connectivity index (χ0n) is 8.88. The molecule has 0 bridgehead atoms. The molecular formula is C11H14N4. The summed E-state index contributed by atoms with van der Waals surface area (Å²) in [6.45, 7) is 4.28. The normalized spacial score (nSPS) is 10.9. The van der Waals surface area contributed by atoms with Crippen LogP contribution in [-0.2, 0) is 0 Å². The van der Waals surface area contributed by atoms with Crippen molar-refractivity contribution in [3.8, 4) is 5.82 Å². The first-order chi connectivity index (χ1) is 7.16. The van der Waals surface area contributed by atoms with Crippen molar-refractivity contribution in [2.75, 3.05) is 5.73 Å². The van der Waals surface area contributed by atoms with Crippen molar-refractivity contribution >= 4 is 5.82 Å². The highest BCUT2D eigenvalue weighted by molar-refractivity contribution is 5.31. The number of aromatic nitrogens is 3. The summed E-state index contributed by atoms with van der Waals surface area (Å²) in [6.07, 6.45) is 3.67. The van der Waals surface area contributed by atoms with E-state index in [9.17, 15) is 0 Å². The predicted octanol–water partition coefficient (Wildman–Crippen LogP) is 1.97. The number of anilines is 1. The zero-order chi connectivity index (χ0) is 10.8. The van der Waals surface area contributed by atoms with E-state index in [1.165, 1.54) is 5.56 Å². The molecule has 2 heterocycles. The van der Waals surface area contributed by atoms with Crippen molar-refractivity contribution in [2.45, 2.75) is 19.8 Å². The molecule has 2 aromatic heterocycles. The first kappa shape index (κ1) is 9.71. The average Bonchev–Trinajstić information content (AvgIpc) is 2.65. The minimum absolute atomic E-state index is 0.495. The molecule has 4 heteroatoms. The lowest BCUT2D eigenvalue weighted by atomic mass is 10.1. The molecule has 0 fully saturated rings. The van der Waals surface area contributed by atoms with Gasteiger partial charge in [-0.15, -0.1) is 5.10 Å². The standard InChI is InChI=1S/C11H14N4/c1-8(2)9-3-4-11(13-7-9)15-6-5-10(12)14-15/h3-8H,1-2H3,(H2,12,14). The third kappa shape index (κ3) is 1.98. The Labute approximate surface area is 88.8 Å². The molecule has 2 rings (SSSR count). The van der Waals surface area contributed by atoms with Gasteiger partial charge in [0, 0.05) is 18.5 Å². The quantitative estimate of drug-likeness (QED) is 0.810. The van der Waals surface area contributed by atoms with Crippen molar-refractivity contribution < 1.29 is 0 Å². The second kappa shape index (κ2) is 3.73. The monoisotopic (exact) mass is 202 g/mol. The highest BCUT2D eigenvalue weighted by atomic mass is 15.3. The summed E-state index contributed by atoms with van der Waals surface area (Å²) in [5.41, 5.74) is 6.76. The van der Waals surface area contributed by atoms with Crippen LogP contribution in [0.25, 0.3) is 5.82 Å². The molecule has 78 valence electrons. The molecular weight excluding hydrogens is 188 g/mol. The maximum atomic E-state index is 5.53. The zero-order valence-corrected chi connectivity index (χ0v) is 8.88. The number of hydrogen-bond acceptors (Lipinski definition) is 3. The van der Waals surface area contributed by atoms with Crippen LogP contribution in [0.2, 0.25) is 0 Å².